The number of rotatable bonds is 4. The Hall–Kier alpha value is -0.610. The van der Waals surface area contributed by atoms with E-state index in [1.165, 1.54) is 0 Å². The second kappa shape index (κ2) is 4.75. The molecule has 0 aromatic heterocycles. The molecule has 1 aliphatic heterocycles. The number of morpholine rings is 1. The predicted octanol–water partition coefficient (Wildman–Crippen LogP) is 1.01. The summed E-state index contributed by atoms with van der Waals surface area (Å²) < 4.78 is 5.54. The molecule has 0 aromatic rings. The summed E-state index contributed by atoms with van der Waals surface area (Å²) in [5.74, 6) is -0.794. The fourth-order valence-corrected chi connectivity index (χ4v) is 1.75. The van der Waals surface area contributed by atoms with Crippen molar-refractivity contribution < 1.29 is 14.6 Å². The number of carbonyl (C=O) groups is 1. The summed E-state index contributed by atoms with van der Waals surface area (Å²) >= 11 is 0. The molecule has 0 saturated carbocycles. The highest BCUT2D eigenvalue weighted by molar-refractivity contribution is 5.67. The van der Waals surface area contributed by atoms with E-state index in [1.807, 2.05) is 0 Å². The molecule has 0 aromatic carbocycles. The summed E-state index contributed by atoms with van der Waals surface area (Å²) in [6.45, 7) is 5.51. The summed E-state index contributed by atoms with van der Waals surface area (Å²) in [6, 6.07) is 0. The Bertz CT molecular complexity index is 192. The van der Waals surface area contributed by atoms with E-state index in [1.54, 1.807) is 0 Å². The van der Waals surface area contributed by atoms with Crippen LogP contribution in [0.25, 0.3) is 0 Å². The monoisotopic (exact) mass is 201 g/mol. The van der Waals surface area contributed by atoms with Gasteiger partial charge in [0.1, 0.15) is 0 Å². The molecule has 1 heterocycles. The number of ether oxygens (including phenoxy) is 1. The van der Waals surface area contributed by atoms with Crippen molar-refractivity contribution in [3.8, 4) is 0 Å². The van der Waals surface area contributed by atoms with Crippen LogP contribution < -0.4 is 5.32 Å². The first-order chi connectivity index (χ1) is 6.62. The van der Waals surface area contributed by atoms with Gasteiger partial charge in [0.2, 0.25) is 0 Å². The molecule has 1 atom stereocenters. The molecule has 0 bridgehead atoms. The first-order valence-corrected chi connectivity index (χ1v) is 5.20. The molecule has 1 rings (SSSR count). The summed E-state index contributed by atoms with van der Waals surface area (Å²) in [7, 11) is 0. The zero-order valence-electron chi connectivity index (χ0n) is 8.88. The van der Waals surface area contributed by atoms with Gasteiger partial charge in [0.15, 0.2) is 0 Å². The topological polar surface area (TPSA) is 58.6 Å². The lowest BCUT2D eigenvalue weighted by atomic mass is 9.92. The van der Waals surface area contributed by atoms with Crippen LogP contribution in [0.2, 0.25) is 0 Å². The standard InChI is InChI=1S/C10H19NO3/c1-3-10(4-2)7-14-8(6-11-10)5-9(12)13/h8,11H,3-7H2,1-2H3,(H,12,13). The molecule has 1 unspecified atom stereocenters. The maximum Gasteiger partial charge on any atom is 0.306 e. The SMILES string of the molecule is CCC1(CC)COC(CC(=O)O)CN1. The highest BCUT2D eigenvalue weighted by Gasteiger charge is 2.32. The summed E-state index contributed by atoms with van der Waals surface area (Å²) in [6.07, 6.45) is 1.96. The molecule has 0 spiro atoms. The molecule has 4 heteroatoms. The van der Waals surface area contributed by atoms with Crippen molar-refractivity contribution in [1.82, 2.24) is 5.32 Å². The van der Waals surface area contributed by atoms with Crippen LogP contribution in [0, 0.1) is 0 Å². The maximum absolute atomic E-state index is 10.5. The van der Waals surface area contributed by atoms with E-state index in [0.29, 0.717) is 13.2 Å². The van der Waals surface area contributed by atoms with Crippen molar-refractivity contribution in [2.75, 3.05) is 13.2 Å². The van der Waals surface area contributed by atoms with Gasteiger partial charge < -0.3 is 15.2 Å². The van der Waals surface area contributed by atoms with Gasteiger partial charge in [-0.2, -0.15) is 0 Å². The number of hydrogen-bond acceptors (Lipinski definition) is 3. The van der Waals surface area contributed by atoms with E-state index in [-0.39, 0.29) is 18.1 Å². The van der Waals surface area contributed by atoms with Gasteiger partial charge in [-0.15, -0.1) is 0 Å². The Morgan fingerprint density at radius 1 is 1.57 bits per heavy atom. The van der Waals surface area contributed by atoms with Crippen molar-refractivity contribution in [3.05, 3.63) is 0 Å². The zero-order chi connectivity index (χ0) is 10.6. The lowest BCUT2D eigenvalue weighted by molar-refractivity contribution is -0.142. The van der Waals surface area contributed by atoms with Crippen LogP contribution in [0.3, 0.4) is 0 Å². The van der Waals surface area contributed by atoms with Crippen molar-refractivity contribution in [2.45, 2.75) is 44.8 Å². The zero-order valence-corrected chi connectivity index (χ0v) is 8.88. The van der Waals surface area contributed by atoms with E-state index in [4.69, 9.17) is 9.84 Å². The van der Waals surface area contributed by atoms with Crippen LogP contribution in [-0.2, 0) is 9.53 Å². The van der Waals surface area contributed by atoms with E-state index in [9.17, 15) is 4.79 Å². The second-order valence-corrected chi connectivity index (χ2v) is 3.90. The van der Waals surface area contributed by atoms with E-state index in [2.05, 4.69) is 19.2 Å². The average Bonchev–Trinajstić information content (AvgIpc) is 2.19. The fraction of sp³-hybridized carbons (Fsp3) is 0.900. The first-order valence-electron chi connectivity index (χ1n) is 5.20. The quantitative estimate of drug-likeness (QED) is 0.712. The van der Waals surface area contributed by atoms with Crippen LogP contribution in [0.4, 0.5) is 0 Å². The molecule has 1 fully saturated rings. The molecule has 0 amide bonds. The number of carboxylic acids is 1. The minimum absolute atomic E-state index is 0.0645. The Morgan fingerprint density at radius 2 is 2.21 bits per heavy atom. The van der Waals surface area contributed by atoms with Crippen LogP contribution in [0.15, 0.2) is 0 Å². The van der Waals surface area contributed by atoms with Crippen LogP contribution in [0.5, 0.6) is 0 Å². The molecule has 2 N–H and O–H groups in total. The van der Waals surface area contributed by atoms with Gasteiger partial charge in [-0.3, -0.25) is 4.79 Å². The van der Waals surface area contributed by atoms with Crippen LogP contribution in [-0.4, -0.2) is 35.9 Å². The Labute approximate surface area is 84.6 Å². The smallest absolute Gasteiger partial charge is 0.306 e. The van der Waals surface area contributed by atoms with Gasteiger partial charge in [0.05, 0.1) is 19.1 Å². The Kier molecular flexibility index (Phi) is 3.89. The average molecular weight is 201 g/mol. The number of carboxylic acid groups (broad SMARTS) is 1. The normalized spacial score (nSPS) is 26.0. The number of nitrogens with one attached hydrogen (secondary N) is 1. The minimum atomic E-state index is -0.794. The molecule has 1 saturated heterocycles. The largest absolute Gasteiger partial charge is 0.481 e. The summed E-state index contributed by atoms with van der Waals surface area (Å²) in [5.41, 5.74) is 0.0645. The number of hydrogen-bond donors (Lipinski definition) is 2. The van der Waals surface area contributed by atoms with E-state index >= 15 is 0 Å². The van der Waals surface area contributed by atoms with Gasteiger partial charge in [-0.25, -0.2) is 0 Å². The Morgan fingerprint density at radius 3 is 2.57 bits per heavy atom. The summed E-state index contributed by atoms with van der Waals surface area (Å²) in [4.78, 5) is 10.5. The molecule has 4 nitrogen and oxygen atoms in total. The third-order valence-electron chi connectivity index (χ3n) is 3.06. The van der Waals surface area contributed by atoms with Crippen LogP contribution >= 0.6 is 0 Å². The molecule has 1 aliphatic rings. The third kappa shape index (κ3) is 2.69. The lowest BCUT2D eigenvalue weighted by Gasteiger charge is -2.40. The molecule has 0 radical (unpaired) electrons. The summed E-state index contributed by atoms with van der Waals surface area (Å²) in [5, 5.41) is 12.0. The van der Waals surface area contributed by atoms with Crippen molar-refractivity contribution in [2.24, 2.45) is 0 Å². The molecular formula is C10H19NO3. The molecule has 14 heavy (non-hydrogen) atoms. The number of aliphatic carboxylic acids is 1. The molecule has 0 aliphatic carbocycles. The van der Waals surface area contributed by atoms with E-state index < -0.39 is 5.97 Å². The predicted molar refractivity (Wildman–Crippen MR) is 53.3 cm³/mol. The van der Waals surface area contributed by atoms with Gasteiger partial charge in [0, 0.05) is 12.1 Å². The van der Waals surface area contributed by atoms with Crippen molar-refractivity contribution in [1.29, 1.82) is 0 Å². The van der Waals surface area contributed by atoms with E-state index in [0.717, 1.165) is 12.8 Å². The fourth-order valence-electron chi connectivity index (χ4n) is 1.75. The van der Waals surface area contributed by atoms with Crippen molar-refractivity contribution >= 4 is 5.97 Å². The lowest BCUT2D eigenvalue weighted by Crippen LogP contribution is -2.56. The van der Waals surface area contributed by atoms with Crippen LogP contribution in [0.1, 0.15) is 33.1 Å². The molecular weight excluding hydrogens is 182 g/mol. The maximum atomic E-state index is 10.5. The van der Waals surface area contributed by atoms with Gasteiger partial charge in [0.25, 0.3) is 0 Å². The second-order valence-electron chi connectivity index (χ2n) is 3.90. The first kappa shape index (κ1) is 11.5. The van der Waals surface area contributed by atoms with Gasteiger partial charge >= 0.3 is 5.97 Å². The van der Waals surface area contributed by atoms with Gasteiger partial charge in [-0.1, -0.05) is 13.8 Å². The van der Waals surface area contributed by atoms with Crippen molar-refractivity contribution in [3.63, 3.8) is 0 Å². The highest BCUT2D eigenvalue weighted by Crippen LogP contribution is 2.21. The third-order valence-corrected chi connectivity index (χ3v) is 3.06. The Balaban J connectivity index is 2.40. The molecule has 82 valence electrons. The minimum Gasteiger partial charge on any atom is -0.481 e. The highest BCUT2D eigenvalue weighted by atomic mass is 16.5. The van der Waals surface area contributed by atoms with Gasteiger partial charge in [-0.05, 0) is 12.8 Å².